The van der Waals surface area contributed by atoms with Crippen LogP contribution in [0.3, 0.4) is 0 Å². The van der Waals surface area contributed by atoms with Crippen LogP contribution < -0.4 is 15.0 Å². The van der Waals surface area contributed by atoms with Crippen molar-refractivity contribution in [2.24, 2.45) is 0 Å². The molecule has 2 amide bonds. The second kappa shape index (κ2) is 8.45. The first kappa shape index (κ1) is 20.4. The Bertz CT molecular complexity index is 1180. The van der Waals surface area contributed by atoms with E-state index in [9.17, 15) is 19.7 Å². The van der Waals surface area contributed by atoms with Crippen molar-refractivity contribution in [2.45, 2.75) is 6.54 Å². The number of ether oxygens (including phenoxy) is 1. The first-order valence-corrected chi connectivity index (χ1v) is 9.66. The fourth-order valence-corrected chi connectivity index (χ4v) is 3.39. The molecular formula is C22H16ClN3O5. The fraction of sp³-hybridized carbons (Fsp3) is 0.0909. The van der Waals surface area contributed by atoms with Crippen LogP contribution in [0.15, 0.2) is 66.7 Å². The SMILES string of the molecule is O=C(Nc1ccc(Cl)c([N+](=O)[O-])c1)c1ccc(CN2C(=O)COc3ccccc32)cc1. The zero-order chi connectivity index (χ0) is 22.0. The molecule has 8 nitrogen and oxygen atoms in total. The summed E-state index contributed by atoms with van der Waals surface area (Å²) in [5.41, 5.74) is 1.88. The molecule has 1 N–H and O–H groups in total. The van der Waals surface area contributed by atoms with Gasteiger partial charge in [0.2, 0.25) is 0 Å². The van der Waals surface area contributed by atoms with Gasteiger partial charge in [0.1, 0.15) is 10.8 Å². The number of carbonyl (C=O) groups excluding carboxylic acids is 2. The van der Waals surface area contributed by atoms with Crippen LogP contribution in [0.5, 0.6) is 5.75 Å². The van der Waals surface area contributed by atoms with E-state index in [2.05, 4.69) is 5.32 Å². The molecule has 9 heteroatoms. The Labute approximate surface area is 182 Å². The molecule has 3 aromatic carbocycles. The number of hydrogen-bond acceptors (Lipinski definition) is 5. The Hall–Kier alpha value is -3.91. The molecular weight excluding hydrogens is 422 g/mol. The zero-order valence-corrected chi connectivity index (χ0v) is 16.8. The van der Waals surface area contributed by atoms with Crippen molar-refractivity contribution < 1.29 is 19.2 Å². The number of amides is 2. The summed E-state index contributed by atoms with van der Waals surface area (Å²) < 4.78 is 5.45. The van der Waals surface area contributed by atoms with Crippen molar-refractivity contribution in [3.8, 4) is 5.75 Å². The molecule has 0 unspecified atom stereocenters. The predicted octanol–water partition coefficient (Wildman–Crippen LogP) is 4.43. The number of fused-ring (bicyclic) bond motifs is 1. The van der Waals surface area contributed by atoms with Crippen molar-refractivity contribution >= 4 is 40.5 Å². The van der Waals surface area contributed by atoms with Gasteiger partial charge in [-0.3, -0.25) is 19.7 Å². The second-order valence-corrected chi connectivity index (χ2v) is 7.22. The number of benzene rings is 3. The lowest BCUT2D eigenvalue weighted by molar-refractivity contribution is -0.384. The number of nitro benzene ring substituents is 1. The number of nitrogens with zero attached hydrogens (tertiary/aromatic N) is 2. The van der Waals surface area contributed by atoms with E-state index < -0.39 is 10.8 Å². The fourth-order valence-electron chi connectivity index (χ4n) is 3.21. The van der Waals surface area contributed by atoms with Gasteiger partial charge in [0.15, 0.2) is 6.61 Å². The van der Waals surface area contributed by atoms with Crippen molar-refractivity contribution in [1.29, 1.82) is 0 Å². The molecule has 0 saturated heterocycles. The van der Waals surface area contributed by atoms with Crippen LogP contribution in [0.1, 0.15) is 15.9 Å². The second-order valence-electron chi connectivity index (χ2n) is 6.81. The van der Waals surface area contributed by atoms with Gasteiger partial charge in [-0.05, 0) is 42.0 Å². The minimum Gasteiger partial charge on any atom is -0.482 e. The molecule has 31 heavy (non-hydrogen) atoms. The van der Waals surface area contributed by atoms with E-state index in [4.69, 9.17) is 16.3 Å². The number of hydrogen-bond donors (Lipinski definition) is 1. The lowest BCUT2D eigenvalue weighted by atomic mass is 10.1. The number of nitrogens with one attached hydrogen (secondary N) is 1. The molecule has 0 aliphatic carbocycles. The van der Waals surface area contributed by atoms with E-state index in [1.54, 1.807) is 29.2 Å². The minimum absolute atomic E-state index is 0.00779. The molecule has 1 aliphatic heterocycles. The number of nitro groups is 1. The summed E-state index contributed by atoms with van der Waals surface area (Å²) in [6.45, 7) is 0.315. The molecule has 0 aromatic heterocycles. The first-order valence-electron chi connectivity index (χ1n) is 9.29. The molecule has 0 bridgehead atoms. The summed E-state index contributed by atoms with van der Waals surface area (Å²) in [6.07, 6.45) is 0. The highest BCUT2D eigenvalue weighted by Gasteiger charge is 2.25. The number of rotatable bonds is 5. The smallest absolute Gasteiger partial charge is 0.289 e. The van der Waals surface area contributed by atoms with E-state index in [0.717, 1.165) is 5.56 Å². The Morgan fingerprint density at radius 3 is 2.61 bits per heavy atom. The van der Waals surface area contributed by atoms with Crippen LogP contribution >= 0.6 is 11.6 Å². The Morgan fingerprint density at radius 1 is 1.13 bits per heavy atom. The standard InChI is InChI=1S/C22H16ClN3O5/c23-17-10-9-16(11-19(17)26(29)30)24-22(28)15-7-5-14(6-8-15)12-25-18-3-1-2-4-20(18)31-13-21(25)27/h1-11H,12-13H2,(H,24,28). The maximum atomic E-state index is 12.5. The Balaban J connectivity index is 1.47. The summed E-state index contributed by atoms with van der Waals surface area (Å²) in [4.78, 5) is 36.9. The highest BCUT2D eigenvalue weighted by Crippen LogP contribution is 2.32. The van der Waals surface area contributed by atoms with Gasteiger partial charge in [-0.25, -0.2) is 0 Å². The van der Waals surface area contributed by atoms with Crippen LogP contribution in [0, 0.1) is 10.1 Å². The summed E-state index contributed by atoms with van der Waals surface area (Å²) in [6, 6.07) is 18.1. The van der Waals surface area contributed by atoms with Crippen molar-refractivity contribution in [2.75, 3.05) is 16.8 Å². The van der Waals surface area contributed by atoms with Gasteiger partial charge < -0.3 is 15.0 Å². The van der Waals surface area contributed by atoms with E-state index >= 15 is 0 Å². The van der Waals surface area contributed by atoms with Crippen LogP contribution in [0.25, 0.3) is 0 Å². The third kappa shape index (κ3) is 4.34. The van der Waals surface area contributed by atoms with Gasteiger partial charge in [0, 0.05) is 17.3 Å². The highest BCUT2D eigenvalue weighted by atomic mass is 35.5. The van der Waals surface area contributed by atoms with E-state index in [-0.39, 0.29) is 28.9 Å². The van der Waals surface area contributed by atoms with Gasteiger partial charge in [0.05, 0.1) is 17.2 Å². The average molecular weight is 438 g/mol. The van der Waals surface area contributed by atoms with Crippen LogP contribution in [-0.2, 0) is 11.3 Å². The number of carbonyl (C=O) groups is 2. The highest BCUT2D eigenvalue weighted by molar-refractivity contribution is 6.32. The van der Waals surface area contributed by atoms with Crippen molar-refractivity contribution in [3.63, 3.8) is 0 Å². The molecule has 0 radical (unpaired) electrons. The molecule has 0 fully saturated rings. The summed E-state index contributed by atoms with van der Waals surface area (Å²) in [5, 5.41) is 13.6. The maximum Gasteiger partial charge on any atom is 0.289 e. The van der Waals surface area contributed by atoms with E-state index in [0.29, 0.717) is 23.5 Å². The Kier molecular flexibility index (Phi) is 5.55. The van der Waals surface area contributed by atoms with Gasteiger partial charge in [-0.15, -0.1) is 0 Å². The zero-order valence-electron chi connectivity index (χ0n) is 16.1. The number of anilines is 2. The molecule has 0 saturated carbocycles. The quantitative estimate of drug-likeness (QED) is 0.470. The normalized spacial score (nSPS) is 12.7. The van der Waals surface area contributed by atoms with Gasteiger partial charge in [-0.1, -0.05) is 35.9 Å². The van der Waals surface area contributed by atoms with Crippen LogP contribution in [0.2, 0.25) is 5.02 Å². The molecule has 0 atom stereocenters. The molecule has 156 valence electrons. The first-order chi connectivity index (χ1) is 14.9. The van der Waals surface area contributed by atoms with E-state index in [1.165, 1.54) is 18.2 Å². The maximum absolute atomic E-state index is 12.5. The van der Waals surface area contributed by atoms with Gasteiger partial charge >= 0.3 is 0 Å². The largest absolute Gasteiger partial charge is 0.482 e. The lowest BCUT2D eigenvalue weighted by Crippen LogP contribution is -2.38. The van der Waals surface area contributed by atoms with Crippen LogP contribution in [0.4, 0.5) is 17.1 Å². The van der Waals surface area contributed by atoms with Crippen molar-refractivity contribution in [1.82, 2.24) is 0 Å². The summed E-state index contributed by atoms with van der Waals surface area (Å²) >= 11 is 5.79. The van der Waals surface area contributed by atoms with Crippen LogP contribution in [-0.4, -0.2) is 23.3 Å². The van der Waals surface area contributed by atoms with Gasteiger partial charge in [0.25, 0.3) is 17.5 Å². The average Bonchev–Trinajstić information content (AvgIpc) is 2.77. The molecule has 1 aliphatic rings. The molecule has 4 rings (SSSR count). The summed E-state index contributed by atoms with van der Waals surface area (Å²) in [5.74, 6) is 0.0796. The van der Waals surface area contributed by atoms with Crippen molar-refractivity contribution in [3.05, 3.63) is 93.0 Å². The molecule has 1 heterocycles. The minimum atomic E-state index is -0.613. The third-order valence-corrected chi connectivity index (χ3v) is 5.09. The topological polar surface area (TPSA) is 102 Å². The third-order valence-electron chi connectivity index (χ3n) is 4.77. The Morgan fingerprint density at radius 2 is 1.87 bits per heavy atom. The number of para-hydroxylation sites is 2. The van der Waals surface area contributed by atoms with Gasteiger partial charge in [-0.2, -0.15) is 0 Å². The monoisotopic (exact) mass is 437 g/mol. The molecule has 3 aromatic rings. The summed E-state index contributed by atoms with van der Waals surface area (Å²) in [7, 11) is 0. The number of halogens is 1. The molecule has 0 spiro atoms. The lowest BCUT2D eigenvalue weighted by Gasteiger charge is -2.29. The van der Waals surface area contributed by atoms with E-state index in [1.807, 2.05) is 24.3 Å². The predicted molar refractivity (Wildman–Crippen MR) is 116 cm³/mol.